The van der Waals surface area contributed by atoms with Crippen molar-refractivity contribution in [1.29, 1.82) is 0 Å². The zero-order chi connectivity index (χ0) is 14.7. The van der Waals surface area contributed by atoms with Gasteiger partial charge in [-0.3, -0.25) is 14.6 Å². The van der Waals surface area contributed by atoms with Crippen LogP contribution in [0.4, 0.5) is 0 Å². The molecule has 0 aliphatic carbocycles. The van der Waals surface area contributed by atoms with Crippen LogP contribution in [0.3, 0.4) is 0 Å². The standard InChI is InChI=1S/C16H24N2O2/c1-12-8-13(2)10-15(9-12)14(3)18-6-4-17(5-7-18)11-16(19)20/h8-10,14H,4-7,11H2,1-3H3,(H,19,20). The van der Waals surface area contributed by atoms with Gasteiger partial charge in [0.15, 0.2) is 0 Å². The molecule has 1 fully saturated rings. The highest BCUT2D eigenvalue weighted by atomic mass is 16.4. The van der Waals surface area contributed by atoms with Crippen LogP contribution >= 0.6 is 0 Å². The maximum Gasteiger partial charge on any atom is 0.317 e. The quantitative estimate of drug-likeness (QED) is 0.914. The molecule has 1 aliphatic heterocycles. The van der Waals surface area contributed by atoms with Crippen LogP contribution in [0.5, 0.6) is 0 Å². The maximum absolute atomic E-state index is 10.7. The highest BCUT2D eigenvalue weighted by Gasteiger charge is 2.23. The van der Waals surface area contributed by atoms with Crippen LogP contribution in [-0.4, -0.2) is 53.6 Å². The van der Waals surface area contributed by atoms with E-state index in [-0.39, 0.29) is 6.54 Å². The molecule has 0 bridgehead atoms. The Balaban J connectivity index is 1.97. The molecule has 0 amide bonds. The molecular formula is C16H24N2O2. The highest BCUT2D eigenvalue weighted by molar-refractivity contribution is 5.69. The summed E-state index contributed by atoms with van der Waals surface area (Å²) in [7, 11) is 0. The third-order valence-electron chi connectivity index (χ3n) is 4.04. The summed E-state index contributed by atoms with van der Waals surface area (Å²) in [4.78, 5) is 15.2. The van der Waals surface area contributed by atoms with E-state index in [0.29, 0.717) is 6.04 Å². The first-order chi connectivity index (χ1) is 9.45. The Labute approximate surface area is 121 Å². The van der Waals surface area contributed by atoms with E-state index >= 15 is 0 Å². The number of carbonyl (C=O) groups is 1. The first-order valence-electron chi connectivity index (χ1n) is 7.22. The number of benzene rings is 1. The van der Waals surface area contributed by atoms with E-state index in [0.717, 1.165) is 26.2 Å². The van der Waals surface area contributed by atoms with Crippen molar-refractivity contribution >= 4 is 5.97 Å². The number of carboxylic acids is 1. The Hall–Kier alpha value is -1.39. The van der Waals surface area contributed by atoms with Gasteiger partial charge in [0, 0.05) is 32.2 Å². The van der Waals surface area contributed by atoms with E-state index in [4.69, 9.17) is 5.11 Å². The molecule has 1 aromatic rings. The van der Waals surface area contributed by atoms with Crippen LogP contribution < -0.4 is 0 Å². The SMILES string of the molecule is Cc1cc(C)cc(C(C)N2CCN(CC(=O)O)CC2)c1. The lowest BCUT2D eigenvalue weighted by Gasteiger charge is -2.37. The van der Waals surface area contributed by atoms with Crippen molar-refractivity contribution in [1.82, 2.24) is 9.80 Å². The molecular weight excluding hydrogens is 252 g/mol. The molecule has 1 aliphatic rings. The zero-order valence-electron chi connectivity index (χ0n) is 12.6. The van der Waals surface area contributed by atoms with E-state index in [1.165, 1.54) is 16.7 Å². The molecule has 1 unspecified atom stereocenters. The Morgan fingerprint density at radius 3 is 2.20 bits per heavy atom. The molecule has 1 saturated heterocycles. The number of piperazine rings is 1. The fourth-order valence-electron chi connectivity index (χ4n) is 2.96. The van der Waals surface area contributed by atoms with Crippen molar-refractivity contribution in [3.05, 3.63) is 34.9 Å². The molecule has 1 aromatic carbocycles. The number of hydrogen-bond acceptors (Lipinski definition) is 3. The smallest absolute Gasteiger partial charge is 0.317 e. The van der Waals surface area contributed by atoms with Gasteiger partial charge in [0.25, 0.3) is 0 Å². The minimum absolute atomic E-state index is 0.159. The molecule has 1 heterocycles. The predicted octanol–water partition coefficient (Wildman–Crippen LogP) is 2.07. The number of rotatable bonds is 4. The van der Waals surface area contributed by atoms with Crippen LogP contribution in [0.2, 0.25) is 0 Å². The van der Waals surface area contributed by atoms with Crippen molar-refractivity contribution < 1.29 is 9.90 Å². The van der Waals surface area contributed by atoms with Gasteiger partial charge in [-0.15, -0.1) is 0 Å². The number of carboxylic acid groups (broad SMARTS) is 1. The minimum atomic E-state index is -0.735. The van der Waals surface area contributed by atoms with Crippen LogP contribution in [0.1, 0.15) is 29.7 Å². The summed E-state index contributed by atoms with van der Waals surface area (Å²) in [5.74, 6) is -0.735. The molecule has 1 atom stereocenters. The number of nitrogens with zero attached hydrogens (tertiary/aromatic N) is 2. The van der Waals surface area contributed by atoms with E-state index in [9.17, 15) is 4.79 Å². The van der Waals surface area contributed by atoms with Gasteiger partial charge in [0.2, 0.25) is 0 Å². The second-order valence-corrected chi connectivity index (χ2v) is 5.80. The normalized spacial score (nSPS) is 18.9. The molecule has 20 heavy (non-hydrogen) atoms. The van der Waals surface area contributed by atoms with E-state index in [2.05, 4.69) is 43.9 Å². The summed E-state index contributed by atoms with van der Waals surface area (Å²) < 4.78 is 0. The van der Waals surface area contributed by atoms with Crippen LogP contribution in [0, 0.1) is 13.8 Å². The van der Waals surface area contributed by atoms with Crippen molar-refractivity contribution in [2.75, 3.05) is 32.7 Å². The topological polar surface area (TPSA) is 43.8 Å². The van der Waals surface area contributed by atoms with Crippen molar-refractivity contribution in [3.63, 3.8) is 0 Å². The number of hydrogen-bond donors (Lipinski definition) is 1. The number of aryl methyl sites for hydroxylation is 2. The highest BCUT2D eigenvalue weighted by Crippen LogP contribution is 2.23. The fraction of sp³-hybridized carbons (Fsp3) is 0.562. The zero-order valence-corrected chi connectivity index (χ0v) is 12.6. The third kappa shape index (κ3) is 3.81. The monoisotopic (exact) mass is 276 g/mol. The second-order valence-electron chi connectivity index (χ2n) is 5.80. The molecule has 0 spiro atoms. The van der Waals surface area contributed by atoms with Crippen molar-refractivity contribution in [3.8, 4) is 0 Å². The lowest BCUT2D eigenvalue weighted by atomic mass is 10.0. The first kappa shape index (κ1) is 15.0. The van der Waals surface area contributed by atoms with Crippen molar-refractivity contribution in [2.45, 2.75) is 26.8 Å². The Morgan fingerprint density at radius 2 is 1.70 bits per heavy atom. The largest absolute Gasteiger partial charge is 0.480 e. The second kappa shape index (κ2) is 6.37. The summed E-state index contributed by atoms with van der Waals surface area (Å²) >= 11 is 0. The molecule has 110 valence electrons. The van der Waals surface area contributed by atoms with E-state index in [1.54, 1.807) is 0 Å². The average Bonchev–Trinajstić information content (AvgIpc) is 2.37. The van der Waals surface area contributed by atoms with E-state index < -0.39 is 5.97 Å². The Kier molecular flexibility index (Phi) is 4.78. The molecule has 0 radical (unpaired) electrons. The summed E-state index contributed by atoms with van der Waals surface area (Å²) in [6.45, 7) is 10.2. The van der Waals surface area contributed by atoms with Crippen LogP contribution in [0.15, 0.2) is 18.2 Å². The van der Waals surface area contributed by atoms with E-state index in [1.807, 2.05) is 4.90 Å². The summed E-state index contributed by atoms with van der Waals surface area (Å²) in [6.07, 6.45) is 0. The fourth-order valence-corrected chi connectivity index (χ4v) is 2.96. The lowest BCUT2D eigenvalue weighted by Crippen LogP contribution is -2.48. The third-order valence-corrected chi connectivity index (χ3v) is 4.04. The maximum atomic E-state index is 10.7. The van der Waals surface area contributed by atoms with Gasteiger partial charge in [0.1, 0.15) is 0 Å². The molecule has 2 rings (SSSR count). The van der Waals surface area contributed by atoms with Gasteiger partial charge in [-0.25, -0.2) is 0 Å². The lowest BCUT2D eigenvalue weighted by molar-refractivity contribution is -0.138. The van der Waals surface area contributed by atoms with Crippen molar-refractivity contribution in [2.24, 2.45) is 0 Å². The van der Waals surface area contributed by atoms with Gasteiger partial charge in [-0.05, 0) is 26.3 Å². The molecule has 4 heteroatoms. The van der Waals surface area contributed by atoms with Gasteiger partial charge >= 0.3 is 5.97 Å². The molecule has 0 aromatic heterocycles. The molecule has 1 N–H and O–H groups in total. The van der Waals surface area contributed by atoms with Crippen LogP contribution in [-0.2, 0) is 4.79 Å². The van der Waals surface area contributed by atoms with Gasteiger partial charge in [-0.1, -0.05) is 29.3 Å². The van der Waals surface area contributed by atoms with Crippen LogP contribution in [0.25, 0.3) is 0 Å². The Morgan fingerprint density at radius 1 is 1.15 bits per heavy atom. The molecule has 0 saturated carbocycles. The van der Waals surface area contributed by atoms with Gasteiger partial charge in [-0.2, -0.15) is 0 Å². The first-order valence-corrected chi connectivity index (χ1v) is 7.22. The number of aliphatic carboxylic acids is 1. The average molecular weight is 276 g/mol. The Bertz CT molecular complexity index is 459. The predicted molar refractivity (Wildman–Crippen MR) is 80.0 cm³/mol. The minimum Gasteiger partial charge on any atom is -0.480 e. The molecule has 4 nitrogen and oxygen atoms in total. The summed E-state index contributed by atoms with van der Waals surface area (Å²) in [5.41, 5.74) is 3.96. The summed E-state index contributed by atoms with van der Waals surface area (Å²) in [6, 6.07) is 7.09. The van der Waals surface area contributed by atoms with Gasteiger partial charge in [0.05, 0.1) is 6.54 Å². The summed E-state index contributed by atoms with van der Waals surface area (Å²) in [5, 5.41) is 8.82. The van der Waals surface area contributed by atoms with Gasteiger partial charge < -0.3 is 5.11 Å².